The summed E-state index contributed by atoms with van der Waals surface area (Å²) in [7, 11) is -2.91. The number of hydrogen-bond acceptors (Lipinski definition) is 5. The van der Waals surface area contributed by atoms with Gasteiger partial charge in [0.05, 0.1) is 30.8 Å². The number of aliphatic hydroxyl groups is 1. The molecule has 2 saturated heterocycles. The molecule has 1 atom stereocenters. The smallest absolute Gasteiger partial charge is 0.222 e. The summed E-state index contributed by atoms with van der Waals surface area (Å²) in [5.74, 6) is 0.445. The monoisotopic (exact) mass is 305 g/mol. The molecule has 0 aromatic heterocycles. The van der Waals surface area contributed by atoms with Crippen LogP contribution in [0.2, 0.25) is 0 Å². The quantitative estimate of drug-likeness (QED) is 0.761. The fourth-order valence-corrected chi connectivity index (χ4v) is 4.76. The van der Waals surface area contributed by atoms with Crippen molar-refractivity contribution in [3.05, 3.63) is 0 Å². The van der Waals surface area contributed by atoms with Crippen molar-refractivity contribution in [2.45, 2.75) is 31.8 Å². The molecule has 1 unspecified atom stereocenters. The van der Waals surface area contributed by atoms with Gasteiger partial charge in [0.25, 0.3) is 0 Å². The summed E-state index contributed by atoms with van der Waals surface area (Å²) in [6.07, 6.45) is 2.66. The van der Waals surface area contributed by atoms with E-state index in [4.69, 9.17) is 9.84 Å². The number of carbonyl (C=O) groups is 1. The highest BCUT2D eigenvalue weighted by molar-refractivity contribution is 7.91. The fourth-order valence-electron chi connectivity index (χ4n) is 2.90. The lowest BCUT2D eigenvalue weighted by molar-refractivity contribution is -0.134. The molecule has 1 amide bonds. The fraction of sp³-hybridized carbons (Fsp3) is 0.923. The first-order valence-electron chi connectivity index (χ1n) is 7.21. The van der Waals surface area contributed by atoms with Crippen LogP contribution < -0.4 is 0 Å². The molecular formula is C13H23NO5S. The summed E-state index contributed by atoms with van der Waals surface area (Å²) in [6, 6.07) is 0. The first kappa shape index (κ1) is 15.7. The van der Waals surface area contributed by atoms with Gasteiger partial charge in [-0.05, 0) is 25.2 Å². The molecule has 0 bridgehead atoms. The van der Waals surface area contributed by atoms with Crippen molar-refractivity contribution in [3.63, 3.8) is 0 Å². The Morgan fingerprint density at radius 1 is 1.25 bits per heavy atom. The molecule has 2 aliphatic heterocycles. The minimum Gasteiger partial charge on any atom is -0.394 e. The number of aliphatic hydroxyl groups excluding tert-OH is 1. The predicted molar refractivity (Wildman–Crippen MR) is 74.0 cm³/mol. The Kier molecular flexibility index (Phi) is 5.40. The Hall–Kier alpha value is -0.660. The third kappa shape index (κ3) is 4.43. The van der Waals surface area contributed by atoms with Gasteiger partial charge in [-0.25, -0.2) is 8.42 Å². The Morgan fingerprint density at radius 3 is 2.50 bits per heavy atom. The SMILES string of the molecule is O=C(CC1CCS(=O)(=O)C1)N1CCC(OCCO)CC1. The topological polar surface area (TPSA) is 83.9 Å². The molecule has 0 saturated carbocycles. The maximum atomic E-state index is 12.1. The highest BCUT2D eigenvalue weighted by Gasteiger charge is 2.31. The van der Waals surface area contributed by atoms with Crippen LogP contribution in [-0.2, 0) is 19.4 Å². The van der Waals surface area contributed by atoms with Gasteiger partial charge in [-0.15, -0.1) is 0 Å². The second kappa shape index (κ2) is 6.87. The Morgan fingerprint density at radius 2 is 1.95 bits per heavy atom. The van der Waals surface area contributed by atoms with Gasteiger partial charge in [0.1, 0.15) is 0 Å². The molecule has 1 N–H and O–H groups in total. The molecule has 20 heavy (non-hydrogen) atoms. The number of piperidine rings is 1. The lowest BCUT2D eigenvalue weighted by Crippen LogP contribution is -2.41. The lowest BCUT2D eigenvalue weighted by atomic mass is 10.0. The van der Waals surface area contributed by atoms with E-state index in [1.54, 1.807) is 0 Å². The van der Waals surface area contributed by atoms with Gasteiger partial charge in [0.2, 0.25) is 5.91 Å². The van der Waals surface area contributed by atoms with Crippen LogP contribution in [0.1, 0.15) is 25.7 Å². The van der Waals surface area contributed by atoms with Crippen LogP contribution in [-0.4, -0.2) is 68.2 Å². The molecule has 2 aliphatic rings. The zero-order chi connectivity index (χ0) is 14.6. The van der Waals surface area contributed by atoms with Crippen LogP contribution in [0.5, 0.6) is 0 Å². The van der Waals surface area contributed by atoms with Crippen molar-refractivity contribution in [2.24, 2.45) is 5.92 Å². The standard InChI is InChI=1S/C13H23NO5S/c15-6-7-19-12-1-4-14(5-2-12)13(16)9-11-3-8-20(17,18)10-11/h11-12,15H,1-10H2. The summed E-state index contributed by atoms with van der Waals surface area (Å²) < 4.78 is 28.2. The molecule has 0 radical (unpaired) electrons. The van der Waals surface area contributed by atoms with Gasteiger partial charge in [0, 0.05) is 19.5 Å². The third-order valence-electron chi connectivity index (χ3n) is 4.03. The van der Waals surface area contributed by atoms with Gasteiger partial charge in [-0.3, -0.25) is 4.79 Å². The molecule has 6 nitrogen and oxygen atoms in total. The Bertz CT molecular complexity index is 428. The van der Waals surface area contributed by atoms with Gasteiger partial charge in [-0.2, -0.15) is 0 Å². The van der Waals surface area contributed by atoms with Crippen LogP contribution in [0.15, 0.2) is 0 Å². The van der Waals surface area contributed by atoms with Crippen molar-refractivity contribution < 1.29 is 23.1 Å². The van der Waals surface area contributed by atoms with Crippen molar-refractivity contribution in [1.82, 2.24) is 4.90 Å². The van der Waals surface area contributed by atoms with Crippen LogP contribution in [0.4, 0.5) is 0 Å². The Balaban J connectivity index is 1.72. The molecule has 116 valence electrons. The first-order chi connectivity index (χ1) is 9.50. The third-order valence-corrected chi connectivity index (χ3v) is 5.87. The number of hydrogen-bond donors (Lipinski definition) is 1. The normalized spacial score (nSPS) is 26.9. The second-order valence-electron chi connectivity index (χ2n) is 5.65. The zero-order valence-corrected chi connectivity index (χ0v) is 12.5. The van der Waals surface area contributed by atoms with E-state index < -0.39 is 9.84 Å². The van der Waals surface area contributed by atoms with Crippen LogP contribution in [0.25, 0.3) is 0 Å². The first-order valence-corrected chi connectivity index (χ1v) is 9.03. The molecule has 0 aromatic carbocycles. The van der Waals surface area contributed by atoms with Crippen molar-refractivity contribution in [2.75, 3.05) is 37.8 Å². The lowest BCUT2D eigenvalue weighted by Gasteiger charge is -2.32. The number of carbonyl (C=O) groups excluding carboxylic acids is 1. The summed E-state index contributed by atoms with van der Waals surface area (Å²) in [6.45, 7) is 1.69. The summed E-state index contributed by atoms with van der Waals surface area (Å²) in [4.78, 5) is 13.9. The van der Waals surface area contributed by atoms with E-state index in [9.17, 15) is 13.2 Å². The van der Waals surface area contributed by atoms with E-state index in [0.717, 1.165) is 12.8 Å². The van der Waals surface area contributed by atoms with Gasteiger partial charge >= 0.3 is 0 Å². The van der Waals surface area contributed by atoms with Gasteiger partial charge in [0.15, 0.2) is 9.84 Å². The molecule has 2 fully saturated rings. The molecule has 0 spiro atoms. The average Bonchev–Trinajstić information content (AvgIpc) is 2.76. The Labute approximate surface area is 120 Å². The maximum absolute atomic E-state index is 12.1. The van der Waals surface area contributed by atoms with Gasteiger partial charge in [-0.1, -0.05) is 0 Å². The minimum absolute atomic E-state index is 0.00383. The summed E-state index contributed by atoms with van der Waals surface area (Å²) in [5, 5.41) is 8.70. The molecule has 0 aromatic rings. The van der Waals surface area contributed by atoms with Crippen molar-refractivity contribution in [3.8, 4) is 0 Å². The van der Waals surface area contributed by atoms with Crippen molar-refractivity contribution >= 4 is 15.7 Å². The number of likely N-dealkylation sites (tertiary alicyclic amines) is 1. The summed E-state index contributed by atoms with van der Waals surface area (Å²) in [5.41, 5.74) is 0. The maximum Gasteiger partial charge on any atom is 0.222 e. The largest absolute Gasteiger partial charge is 0.394 e. The van der Waals surface area contributed by atoms with E-state index in [1.165, 1.54) is 0 Å². The van der Waals surface area contributed by atoms with Crippen LogP contribution in [0, 0.1) is 5.92 Å². The second-order valence-corrected chi connectivity index (χ2v) is 7.88. The van der Waals surface area contributed by atoms with Crippen LogP contribution >= 0.6 is 0 Å². The number of nitrogens with zero attached hydrogens (tertiary/aromatic N) is 1. The minimum atomic E-state index is -2.91. The molecule has 2 heterocycles. The predicted octanol–water partition coefficient (Wildman–Crippen LogP) is -0.189. The number of sulfone groups is 1. The van der Waals surface area contributed by atoms with E-state index in [-0.39, 0.29) is 36.0 Å². The van der Waals surface area contributed by atoms with Crippen molar-refractivity contribution in [1.29, 1.82) is 0 Å². The van der Waals surface area contributed by atoms with E-state index in [1.807, 2.05) is 4.90 Å². The zero-order valence-electron chi connectivity index (χ0n) is 11.7. The summed E-state index contributed by atoms with van der Waals surface area (Å²) >= 11 is 0. The highest BCUT2D eigenvalue weighted by atomic mass is 32.2. The van der Waals surface area contributed by atoms with Gasteiger partial charge < -0.3 is 14.7 Å². The molecular weight excluding hydrogens is 282 g/mol. The molecule has 0 aliphatic carbocycles. The molecule has 7 heteroatoms. The number of ether oxygens (including phenoxy) is 1. The average molecular weight is 305 g/mol. The number of amides is 1. The van der Waals surface area contributed by atoms with E-state index in [0.29, 0.717) is 32.5 Å². The highest BCUT2D eigenvalue weighted by Crippen LogP contribution is 2.23. The van der Waals surface area contributed by atoms with Crippen LogP contribution in [0.3, 0.4) is 0 Å². The van der Waals surface area contributed by atoms with E-state index in [2.05, 4.69) is 0 Å². The number of rotatable bonds is 5. The molecule has 2 rings (SSSR count). The van der Waals surface area contributed by atoms with E-state index >= 15 is 0 Å².